The van der Waals surface area contributed by atoms with Gasteiger partial charge in [-0.05, 0) is 12.8 Å². The summed E-state index contributed by atoms with van der Waals surface area (Å²) in [6.45, 7) is 8.72. The minimum Gasteiger partial charge on any atom is -0.394 e. The van der Waals surface area contributed by atoms with E-state index in [0.717, 1.165) is 38.5 Å². The monoisotopic (exact) mass is 902 g/mol. The predicted octanol–water partition coefficient (Wildman–Crippen LogP) is 11.0. The Morgan fingerprint density at radius 1 is 0.565 bits per heavy atom. The summed E-state index contributed by atoms with van der Waals surface area (Å²) in [6, 6.07) is 1.80. The third-order valence-electron chi connectivity index (χ3n) is 13.5. The maximum absolute atomic E-state index is 13.1. The van der Waals surface area contributed by atoms with Gasteiger partial charge >= 0.3 is 0 Å². The number of carbonyl (C=O) groups is 1. The van der Waals surface area contributed by atoms with E-state index in [9.17, 15) is 35.4 Å². The van der Waals surface area contributed by atoms with Crippen molar-refractivity contribution in [2.75, 3.05) is 13.2 Å². The molecule has 0 bridgehead atoms. The summed E-state index contributed by atoms with van der Waals surface area (Å²) in [5.41, 5.74) is 0. The first kappa shape index (κ1) is 59.4. The number of aliphatic hydroxyl groups is 6. The Morgan fingerprint density at radius 2 is 0.952 bits per heavy atom. The van der Waals surface area contributed by atoms with Crippen molar-refractivity contribution in [2.24, 2.45) is 0 Å². The molecule has 6 unspecified atom stereocenters. The molecule has 1 aliphatic heterocycles. The van der Waals surface area contributed by atoms with E-state index in [-0.39, 0.29) is 18.9 Å². The SMILES string of the molecule is CCCCCCCCCCCCCCCCC[Si](C)(C)CCCCCCCC(=O)NC(COC1OC(CO)C(O)C(O)C1O)[C@H](O)[C@H](O)CCCCCCCCCCCCCC. The first-order valence-corrected chi connectivity index (χ1v) is 30.0. The van der Waals surface area contributed by atoms with Gasteiger partial charge in [-0.15, -0.1) is 0 Å². The van der Waals surface area contributed by atoms with Crippen LogP contribution in [0.3, 0.4) is 0 Å². The summed E-state index contributed by atoms with van der Waals surface area (Å²) >= 11 is 0. The lowest BCUT2D eigenvalue weighted by Gasteiger charge is -2.40. The number of unbranched alkanes of at least 4 members (excludes halogenated alkanes) is 29. The topological polar surface area (TPSA) is 169 Å². The summed E-state index contributed by atoms with van der Waals surface area (Å²) in [4.78, 5) is 13.1. The number of hydrogen-bond donors (Lipinski definition) is 7. The molecule has 1 heterocycles. The minimum absolute atomic E-state index is 0.249. The highest BCUT2D eigenvalue weighted by Crippen LogP contribution is 2.25. The molecule has 10 nitrogen and oxygen atoms in total. The number of amides is 1. The third kappa shape index (κ3) is 30.5. The fraction of sp³-hybridized carbons (Fsp3) is 0.980. The molecule has 0 aliphatic carbocycles. The van der Waals surface area contributed by atoms with Crippen molar-refractivity contribution in [1.29, 1.82) is 0 Å². The highest BCUT2D eigenvalue weighted by atomic mass is 28.3. The van der Waals surface area contributed by atoms with Crippen molar-refractivity contribution >= 4 is 14.0 Å². The van der Waals surface area contributed by atoms with Crippen LogP contribution in [0.5, 0.6) is 0 Å². The molecule has 1 saturated heterocycles. The van der Waals surface area contributed by atoms with E-state index in [0.29, 0.717) is 6.42 Å². The first-order chi connectivity index (χ1) is 30.0. The Labute approximate surface area is 382 Å². The van der Waals surface area contributed by atoms with Gasteiger partial charge in [0, 0.05) is 14.5 Å². The molecule has 1 aliphatic rings. The van der Waals surface area contributed by atoms with Crippen LogP contribution >= 0.6 is 0 Å². The molecule has 11 heteroatoms. The van der Waals surface area contributed by atoms with Gasteiger partial charge in [-0.1, -0.05) is 238 Å². The maximum Gasteiger partial charge on any atom is 0.220 e. The van der Waals surface area contributed by atoms with Crippen LogP contribution in [0.25, 0.3) is 0 Å². The standard InChI is InChI=1S/C51H103NO9Si/c1-5-7-9-11-13-15-17-19-20-21-23-25-27-31-35-39-62(3,4)40-36-32-28-30-34-38-46(55)52-43(42-60-51-50(59)49(58)48(57)45(41-53)61-51)47(56)44(54)37-33-29-26-24-22-18-16-14-12-10-8-6-2/h43-45,47-51,53-54,56-59H,5-42H2,1-4H3,(H,52,55)/t43?,44-,45?,47+,48?,49?,50?,51?/m1/s1. The van der Waals surface area contributed by atoms with Gasteiger partial charge in [-0.25, -0.2) is 0 Å². The molecule has 1 rings (SSSR count). The molecule has 0 spiro atoms. The molecule has 1 amide bonds. The minimum atomic E-state index is -1.60. The zero-order valence-corrected chi connectivity index (χ0v) is 41.9. The molecule has 62 heavy (non-hydrogen) atoms. The van der Waals surface area contributed by atoms with Crippen LogP contribution in [0.2, 0.25) is 25.2 Å². The number of aliphatic hydroxyl groups excluding tert-OH is 6. The van der Waals surface area contributed by atoms with E-state index in [2.05, 4.69) is 32.3 Å². The molecule has 0 aromatic heterocycles. The number of ether oxygens (including phenoxy) is 2. The van der Waals surface area contributed by atoms with Crippen molar-refractivity contribution in [2.45, 2.75) is 306 Å². The zero-order chi connectivity index (χ0) is 45.7. The van der Waals surface area contributed by atoms with Crippen LogP contribution in [0.15, 0.2) is 0 Å². The van der Waals surface area contributed by atoms with Gasteiger partial charge in [0.15, 0.2) is 6.29 Å². The Kier molecular flexibility index (Phi) is 37.9. The summed E-state index contributed by atoms with van der Waals surface area (Å²) in [5.74, 6) is -0.249. The van der Waals surface area contributed by atoms with Crippen molar-refractivity contribution < 1.29 is 44.9 Å². The smallest absolute Gasteiger partial charge is 0.220 e. The first-order valence-electron chi connectivity index (χ1n) is 26.5. The average Bonchev–Trinajstić information content (AvgIpc) is 3.25. The van der Waals surface area contributed by atoms with Crippen LogP contribution in [0, 0.1) is 0 Å². The predicted molar refractivity (Wildman–Crippen MR) is 259 cm³/mol. The van der Waals surface area contributed by atoms with E-state index in [1.807, 2.05) is 0 Å². The number of rotatable bonds is 44. The Hall–Kier alpha value is -0.633. The number of hydrogen-bond acceptors (Lipinski definition) is 9. The average molecular weight is 902 g/mol. The molecule has 370 valence electrons. The second-order valence-electron chi connectivity index (χ2n) is 20.1. The van der Waals surface area contributed by atoms with E-state index in [1.54, 1.807) is 0 Å². The second kappa shape index (κ2) is 39.5. The number of nitrogens with one attached hydrogen (secondary N) is 1. The molecule has 1 fully saturated rings. The van der Waals surface area contributed by atoms with Crippen molar-refractivity contribution in [1.82, 2.24) is 5.32 Å². The van der Waals surface area contributed by atoms with Crippen LogP contribution < -0.4 is 5.32 Å². The Morgan fingerprint density at radius 3 is 1.37 bits per heavy atom. The van der Waals surface area contributed by atoms with Gasteiger partial charge in [0.05, 0.1) is 25.4 Å². The molecule has 0 radical (unpaired) electrons. The molecule has 7 N–H and O–H groups in total. The maximum atomic E-state index is 13.1. The zero-order valence-electron chi connectivity index (χ0n) is 40.9. The molecule has 0 aromatic carbocycles. The molecule has 0 saturated carbocycles. The summed E-state index contributed by atoms with van der Waals surface area (Å²) in [6.07, 6.45) is 31.6. The van der Waals surface area contributed by atoms with Gasteiger partial charge in [0.1, 0.15) is 30.5 Å². The van der Waals surface area contributed by atoms with E-state index in [4.69, 9.17) is 9.47 Å². The van der Waals surface area contributed by atoms with Gasteiger partial charge in [-0.2, -0.15) is 0 Å². The van der Waals surface area contributed by atoms with Crippen LogP contribution in [-0.2, 0) is 14.3 Å². The lowest BCUT2D eigenvalue weighted by atomic mass is 9.98. The molecular formula is C51H103NO9Si. The van der Waals surface area contributed by atoms with Crippen molar-refractivity contribution in [3.63, 3.8) is 0 Å². The lowest BCUT2D eigenvalue weighted by Crippen LogP contribution is -2.60. The largest absolute Gasteiger partial charge is 0.394 e. The van der Waals surface area contributed by atoms with Gasteiger partial charge < -0.3 is 45.4 Å². The highest BCUT2D eigenvalue weighted by Gasteiger charge is 2.44. The summed E-state index contributed by atoms with van der Waals surface area (Å²) in [5, 5.41) is 65.5. The number of carbonyl (C=O) groups excluding carboxylic acids is 1. The second-order valence-corrected chi connectivity index (χ2v) is 25.4. The van der Waals surface area contributed by atoms with Gasteiger partial charge in [0.25, 0.3) is 0 Å². The van der Waals surface area contributed by atoms with Gasteiger partial charge in [-0.3, -0.25) is 4.79 Å². The fourth-order valence-corrected chi connectivity index (χ4v) is 11.7. The quantitative estimate of drug-likeness (QED) is 0.0232. The Bertz CT molecular complexity index is 1010. The van der Waals surface area contributed by atoms with Crippen LogP contribution in [-0.4, -0.2) is 107 Å². The third-order valence-corrected chi connectivity index (χ3v) is 16.9. The molecule has 0 aromatic rings. The lowest BCUT2D eigenvalue weighted by molar-refractivity contribution is -0.303. The van der Waals surface area contributed by atoms with Gasteiger partial charge in [0.2, 0.25) is 5.91 Å². The van der Waals surface area contributed by atoms with E-state index < -0.39 is 63.6 Å². The molecule has 8 atom stereocenters. The van der Waals surface area contributed by atoms with E-state index >= 15 is 0 Å². The Balaban J connectivity index is 2.35. The van der Waals surface area contributed by atoms with Crippen molar-refractivity contribution in [3.05, 3.63) is 0 Å². The molecular weight excluding hydrogens is 799 g/mol. The fourth-order valence-electron chi connectivity index (χ4n) is 9.06. The van der Waals surface area contributed by atoms with Crippen molar-refractivity contribution in [3.8, 4) is 0 Å². The highest BCUT2D eigenvalue weighted by molar-refractivity contribution is 6.77. The van der Waals surface area contributed by atoms with Crippen LogP contribution in [0.1, 0.15) is 232 Å². The summed E-state index contributed by atoms with van der Waals surface area (Å²) in [7, 11) is -1.18. The summed E-state index contributed by atoms with van der Waals surface area (Å²) < 4.78 is 11.2. The normalized spacial score (nSPS) is 21.0. The van der Waals surface area contributed by atoms with E-state index in [1.165, 1.54) is 179 Å². The van der Waals surface area contributed by atoms with Crippen LogP contribution in [0.4, 0.5) is 0 Å².